The molecule has 1 aromatic carbocycles. The van der Waals surface area contributed by atoms with Gasteiger partial charge in [-0.25, -0.2) is 0 Å². The zero-order valence-electron chi connectivity index (χ0n) is 17.2. The van der Waals surface area contributed by atoms with Gasteiger partial charge >= 0.3 is 0 Å². The normalized spacial score (nSPS) is 16.4. The van der Waals surface area contributed by atoms with Gasteiger partial charge in [0, 0.05) is 33.4 Å². The second-order valence-electron chi connectivity index (χ2n) is 6.43. The molecule has 0 spiro atoms. The first kappa shape index (κ1) is 24.8. The molecule has 1 atom stereocenters. The van der Waals surface area contributed by atoms with Crippen LogP contribution in [0.15, 0.2) is 23.2 Å². The quantitative estimate of drug-likeness (QED) is 0.208. The summed E-state index contributed by atoms with van der Waals surface area (Å²) < 4.78 is 21.7. The first-order valence-corrected chi connectivity index (χ1v) is 9.61. The standard InChI is InChI=1S/C20H33N3O4.HI/c1-21-20(23-11-5-12-27-17-9-13-26-15-17)22-10-4-6-16-7-8-18(24-2)19(14-16)25-3;/h7-8,14,17H,4-6,9-13,15H2,1-3H3,(H2,21,22,23);1H. The van der Waals surface area contributed by atoms with Crippen LogP contribution in [0.2, 0.25) is 0 Å². The van der Waals surface area contributed by atoms with Gasteiger partial charge in [-0.2, -0.15) is 0 Å². The van der Waals surface area contributed by atoms with Crippen molar-refractivity contribution in [2.24, 2.45) is 4.99 Å². The third kappa shape index (κ3) is 8.83. The molecule has 1 aliphatic rings. The van der Waals surface area contributed by atoms with Crippen LogP contribution in [-0.2, 0) is 15.9 Å². The molecule has 1 heterocycles. The number of aliphatic imine (C=N–C) groups is 1. The molecule has 1 aromatic rings. The Morgan fingerprint density at radius 1 is 1.14 bits per heavy atom. The van der Waals surface area contributed by atoms with E-state index in [0.29, 0.717) is 0 Å². The maximum absolute atomic E-state index is 5.76. The van der Waals surface area contributed by atoms with E-state index in [1.807, 2.05) is 12.1 Å². The highest BCUT2D eigenvalue weighted by molar-refractivity contribution is 14.0. The van der Waals surface area contributed by atoms with E-state index in [1.54, 1.807) is 21.3 Å². The zero-order valence-corrected chi connectivity index (χ0v) is 19.5. The molecule has 1 aliphatic heterocycles. The van der Waals surface area contributed by atoms with Crippen molar-refractivity contribution in [1.29, 1.82) is 0 Å². The minimum Gasteiger partial charge on any atom is -0.493 e. The molecule has 0 bridgehead atoms. The van der Waals surface area contributed by atoms with E-state index in [1.165, 1.54) is 5.56 Å². The topological polar surface area (TPSA) is 73.3 Å². The monoisotopic (exact) mass is 507 g/mol. The fourth-order valence-electron chi connectivity index (χ4n) is 2.93. The summed E-state index contributed by atoms with van der Waals surface area (Å²) in [4.78, 5) is 4.25. The number of aryl methyl sites for hydroxylation is 1. The molecular formula is C20H34IN3O4. The van der Waals surface area contributed by atoms with Gasteiger partial charge in [0.15, 0.2) is 17.5 Å². The Hall–Kier alpha value is -1.26. The largest absolute Gasteiger partial charge is 0.493 e. The average molecular weight is 507 g/mol. The summed E-state index contributed by atoms with van der Waals surface area (Å²) in [5.41, 5.74) is 1.23. The van der Waals surface area contributed by atoms with Crippen LogP contribution in [0.1, 0.15) is 24.8 Å². The molecule has 0 aromatic heterocycles. The number of hydrogen-bond acceptors (Lipinski definition) is 5. The van der Waals surface area contributed by atoms with Gasteiger partial charge in [-0.15, -0.1) is 24.0 Å². The third-order valence-electron chi connectivity index (χ3n) is 4.46. The predicted octanol–water partition coefficient (Wildman–Crippen LogP) is 2.62. The summed E-state index contributed by atoms with van der Waals surface area (Å²) in [5, 5.41) is 6.66. The lowest BCUT2D eigenvalue weighted by Crippen LogP contribution is -2.38. The number of guanidine groups is 1. The van der Waals surface area contributed by atoms with Crippen molar-refractivity contribution in [2.45, 2.75) is 31.8 Å². The second-order valence-corrected chi connectivity index (χ2v) is 6.43. The van der Waals surface area contributed by atoms with Crippen LogP contribution in [0.25, 0.3) is 0 Å². The highest BCUT2D eigenvalue weighted by atomic mass is 127. The minimum absolute atomic E-state index is 0. The van der Waals surface area contributed by atoms with E-state index < -0.39 is 0 Å². The van der Waals surface area contributed by atoms with Gasteiger partial charge in [-0.3, -0.25) is 4.99 Å². The highest BCUT2D eigenvalue weighted by Gasteiger charge is 2.15. The van der Waals surface area contributed by atoms with Gasteiger partial charge in [-0.1, -0.05) is 6.07 Å². The van der Waals surface area contributed by atoms with E-state index in [2.05, 4.69) is 21.7 Å². The number of hydrogen-bond donors (Lipinski definition) is 2. The first-order valence-electron chi connectivity index (χ1n) is 9.61. The lowest BCUT2D eigenvalue weighted by molar-refractivity contribution is 0.0420. The van der Waals surface area contributed by atoms with Crippen molar-refractivity contribution in [3.05, 3.63) is 23.8 Å². The van der Waals surface area contributed by atoms with Crippen molar-refractivity contribution < 1.29 is 18.9 Å². The Kier molecular flexibility index (Phi) is 13.0. The Morgan fingerprint density at radius 3 is 2.54 bits per heavy atom. The molecule has 28 heavy (non-hydrogen) atoms. The van der Waals surface area contributed by atoms with Crippen molar-refractivity contribution in [2.75, 3.05) is 54.2 Å². The summed E-state index contributed by atoms with van der Waals surface area (Å²) in [6.07, 6.45) is 4.20. The van der Waals surface area contributed by atoms with Crippen LogP contribution in [-0.4, -0.2) is 66.2 Å². The average Bonchev–Trinajstić information content (AvgIpc) is 3.22. The first-order chi connectivity index (χ1) is 13.3. The van der Waals surface area contributed by atoms with E-state index in [4.69, 9.17) is 18.9 Å². The van der Waals surface area contributed by atoms with Gasteiger partial charge in [0.25, 0.3) is 0 Å². The van der Waals surface area contributed by atoms with E-state index >= 15 is 0 Å². The Balaban J connectivity index is 0.00000392. The van der Waals surface area contributed by atoms with Crippen molar-refractivity contribution in [3.8, 4) is 11.5 Å². The fourth-order valence-corrected chi connectivity index (χ4v) is 2.93. The summed E-state index contributed by atoms with van der Waals surface area (Å²) in [7, 11) is 5.09. The number of nitrogens with zero attached hydrogens (tertiary/aromatic N) is 1. The van der Waals surface area contributed by atoms with Crippen LogP contribution >= 0.6 is 24.0 Å². The SMILES string of the molecule is CN=C(NCCCOC1CCOC1)NCCCc1ccc(OC)c(OC)c1.I. The minimum atomic E-state index is 0. The second kappa shape index (κ2) is 14.7. The molecule has 1 saturated heterocycles. The molecular weight excluding hydrogens is 473 g/mol. The molecule has 1 unspecified atom stereocenters. The van der Waals surface area contributed by atoms with Crippen molar-refractivity contribution >= 4 is 29.9 Å². The Morgan fingerprint density at radius 2 is 1.89 bits per heavy atom. The summed E-state index contributed by atoms with van der Waals surface area (Å²) in [6, 6.07) is 6.05. The molecule has 0 radical (unpaired) electrons. The van der Waals surface area contributed by atoms with Crippen LogP contribution < -0.4 is 20.1 Å². The van der Waals surface area contributed by atoms with Gasteiger partial charge in [0.1, 0.15) is 0 Å². The van der Waals surface area contributed by atoms with Crippen LogP contribution in [0.5, 0.6) is 11.5 Å². The van der Waals surface area contributed by atoms with E-state index in [-0.39, 0.29) is 30.1 Å². The van der Waals surface area contributed by atoms with Crippen molar-refractivity contribution in [1.82, 2.24) is 10.6 Å². The molecule has 8 heteroatoms. The van der Waals surface area contributed by atoms with Crippen LogP contribution in [0, 0.1) is 0 Å². The maximum atomic E-state index is 5.76. The predicted molar refractivity (Wildman–Crippen MR) is 122 cm³/mol. The van der Waals surface area contributed by atoms with Gasteiger partial charge in [0.2, 0.25) is 0 Å². The molecule has 0 amide bonds. The van der Waals surface area contributed by atoms with Crippen LogP contribution in [0.3, 0.4) is 0 Å². The smallest absolute Gasteiger partial charge is 0.190 e. The number of rotatable bonds is 11. The Labute approximate surface area is 185 Å². The maximum Gasteiger partial charge on any atom is 0.190 e. The number of benzene rings is 1. The molecule has 2 N–H and O–H groups in total. The number of ether oxygens (including phenoxy) is 4. The molecule has 0 aliphatic carbocycles. The molecule has 0 saturated carbocycles. The molecule has 2 rings (SSSR count). The third-order valence-corrected chi connectivity index (χ3v) is 4.46. The highest BCUT2D eigenvalue weighted by Crippen LogP contribution is 2.27. The van der Waals surface area contributed by atoms with Crippen LogP contribution in [0.4, 0.5) is 0 Å². The summed E-state index contributed by atoms with van der Waals surface area (Å²) >= 11 is 0. The summed E-state index contributed by atoms with van der Waals surface area (Å²) in [5.74, 6) is 2.35. The molecule has 7 nitrogen and oxygen atoms in total. The van der Waals surface area contributed by atoms with Gasteiger partial charge in [-0.05, 0) is 43.4 Å². The lowest BCUT2D eigenvalue weighted by atomic mass is 10.1. The lowest BCUT2D eigenvalue weighted by Gasteiger charge is -2.13. The number of nitrogens with one attached hydrogen (secondary N) is 2. The summed E-state index contributed by atoms with van der Waals surface area (Å²) in [6.45, 7) is 3.99. The Bertz CT molecular complexity index is 581. The molecule has 1 fully saturated rings. The zero-order chi connectivity index (χ0) is 19.3. The number of methoxy groups -OCH3 is 2. The molecule has 160 valence electrons. The van der Waals surface area contributed by atoms with E-state index in [9.17, 15) is 0 Å². The van der Waals surface area contributed by atoms with Crippen molar-refractivity contribution in [3.63, 3.8) is 0 Å². The fraction of sp³-hybridized carbons (Fsp3) is 0.650. The van der Waals surface area contributed by atoms with E-state index in [0.717, 1.165) is 76.1 Å². The van der Waals surface area contributed by atoms with Gasteiger partial charge < -0.3 is 29.6 Å². The number of halogens is 1. The van der Waals surface area contributed by atoms with Gasteiger partial charge in [0.05, 0.1) is 26.9 Å².